The molecule has 0 saturated heterocycles. The lowest BCUT2D eigenvalue weighted by atomic mass is 10.2. The van der Waals surface area contributed by atoms with Gasteiger partial charge in [0.2, 0.25) is 0 Å². The maximum Gasteiger partial charge on any atom is 0.373 e. The highest BCUT2D eigenvalue weighted by Gasteiger charge is 2.25. The fourth-order valence-electron chi connectivity index (χ4n) is 1.81. The lowest BCUT2D eigenvalue weighted by molar-refractivity contribution is -0.369. The van der Waals surface area contributed by atoms with Crippen LogP contribution in [-0.4, -0.2) is 11.9 Å². The van der Waals surface area contributed by atoms with Crippen LogP contribution < -0.4 is 0 Å². The van der Waals surface area contributed by atoms with Crippen LogP contribution in [0.3, 0.4) is 0 Å². The molecule has 0 bridgehead atoms. The second kappa shape index (κ2) is 9.12. The molecule has 2 radical (unpaired) electrons. The van der Waals surface area contributed by atoms with E-state index >= 15 is 0 Å². The lowest BCUT2D eigenvalue weighted by Crippen LogP contribution is -2.20. The van der Waals surface area contributed by atoms with Gasteiger partial charge in [-0.15, -0.1) is 9.78 Å². The van der Waals surface area contributed by atoms with E-state index < -0.39 is 17.9 Å². The van der Waals surface area contributed by atoms with Gasteiger partial charge in [-0.25, -0.2) is 9.59 Å². The first-order valence-electron chi connectivity index (χ1n) is 7.98. The van der Waals surface area contributed by atoms with Gasteiger partial charge in [-0.05, 0) is 45.0 Å². The van der Waals surface area contributed by atoms with Gasteiger partial charge in [0.1, 0.15) is 0 Å². The minimum absolute atomic E-state index is 0.258. The van der Waals surface area contributed by atoms with Crippen LogP contribution in [0.25, 0.3) is 0 Å². The van der Waals surface area contributed by atoms with E-state index in [-0.39, 0.29) is 6.29 Å². The zero-order valence-electron chi connectivity index (χ0n) is 14.9. The molecule has 6 nitrogen and oxygen atoms in total. The smallest absolute Gasteiger partial charge is 0.289 e. The minimum atomic E-state index is -0.711. The van der Waals surface area contributed by atoms with Crippen LogP contribution in [0.2, 0.25) is 0 Å². The highest BCUT2D eigenvalue weighted by atomic mass is 17.3. The molecule has 0 aliphatic rings. The summed E-state index contributed by atoms with van der Waals surface area (Å²) in [5.74, 6) is -1.99. The maximum absolute atomic E-state index is 11.9. The number of carbonyl (C=O) groups excluding carboxylic acids is 2. The van der Waals surface area contributed by atoms with E-state index in [1.54, 1.807) is 55.5 Å². The van der Waals surface area contributed by atoms with Crippen LogP contribution in [-0.2, 0) is 19.6 Å². The van der Waals surface area contributed by atoms with Crippen LogP contribution in [0.1, 0.15) is 38.8 Å². The molecule has 0 saturated carbocycles. The third-order valence-electron chi connectivity index (χ3n) is 3.38. The van der Waals surface area contributed by atoms with Gasteiger partial charge < -0.3 is 0 Å². The molecule has 0 aliphatic heterocycles. The van der Waals surface area contributed by atoms with Crippen molar-refractivity contribution in [2.24, 2.45) is 5.92 Å². The van der Waals surface area contributed by atoms with E-state index in [4.69, 9.17) is 19.6 Å². The largest absolute Gasteiger partial charge is 0.373 e. The number of hydrogen-bond acceptors (Lipinski definition) is 6. The monoisotopic (exact) mass is 356 g/mol. The molecular formula is C20H20O6. The summed E-state index contributed by atoms with van der Waals surface area (Å²) < 4.78 is 0. The first-order valence-corrected chi connectivity index (χ1v) is 7.98. The summed E-state index contributed by atoms with van der Waals surface area (Å²) in [5, 5.41) is 0. The van der Waals surface area contributed by atoms with Crippen molar-refractivity contribution >= 4 is 11.9 Å². The molecule has 0 fully saturated rings. The molecule has 0 spiro atoms. The molecule has 136 valence electrons. The van der Waals surface area contributed by atoms with Gasteiger partial charge in [-0.3, -0.25) is 9.78 Å². The van der Waals surface area contributed by atoms with Crippen LogP contribution in [0, 0.1) is 33.0 Å². The number of hydrogen-bond donors (Lipinski definition) is 0. The summed E-state index contributed by atoms with van der Waals surface area (Å²) in [6, 6.07) is 13.5. The SMILES string of the molecule is [CH2]C(C)[C](OOC(=O)c1ccc(C)cc1)OOC(=O)c1ccc(C)cc1. The lowest BCUT2D eigenvalue weighted by Gasteiger charge is -2.16. The van der Waals surface area contributed by atoms with Crippen molar-refractivity contribution in [2.45, 2.75) is 20.8 Å². The summed E-state index contributed by atoms with van der Waals surface area (Å²) in [6.07, 6.45) is -0.258. The third kappa shape index (κ3) is 5.68. The van der Waals surface area contributed by atoms with E-state index in [9.17, 15) is 9.59 Å². The summed E-state index contributed by atoms with van der Waals surface area (Å²) in [7, 11) is 0. The Morgan fingerprint density at radius 1 is 0.731 bits per heavy atom. The molecule has 2 aromatic rings. The average Bonchev–Trinajstić information content (AvgIpc) is 2.62. The summed E-state index contributed by atoms with van der Waals surface area (Å²) in [6.45, 7) is 9.12. The Labute approximate surface area is 152 Å². The summed E-state index contributed by atoms with van der Waals surface area (Å²) in [5.41, 5.74) is 2.63. The first kappa shape index (κ1) is 19.6. The summed E-state index contributed by atoms with van der Waals surface area (Å²) >= 11 is 0. The second-order valence-electron chi connectivity index (χ2n) is 5.86. The van der Waals surface area contributed by atoms with E-state index in [1.165, 1.54) is 0 Å². The molecule has 0 amide bonds. The second-order valence-corrected chi connectivity index (χ2v) is 5.86. The molecule has 0 heterocycles. The fourth-order valence-corrected chi connectivity index (χ4v) is 1.81. The molecule has 1 unspecified atom stereocenters. The highest BCUT2D eigenvalue weighted by Crippen LogP contribution is 2.19. The first-order chi connectivity index (χ1) is 12.4. The van der Waals surface area contributed by atoms with Crippen molar-refractivity contribution < 1.29 is 29.1 Å². The van der Waals surface area contributed by atoms with Crippen molar-refractivity contribution in [3.05, 3.63) is 84.0 Å². The fraction of sp³-hybridized carbons (Fsp3) is 0.200. The van der Waals surface area contributed by atoms with Crippen molar-refractivity contribution in [3.8, 4) is 0 Å². The number of aryl methyl sites for hydroxylation is 2. The quantitative estimate of drug-likeness (QED) is 0.548. The van der Waals surface area contributed by atoms with Gasteiger partial charge >= 0.3 is 18.2 Å². The number of carbonyl (C=O) groups is 2. The Hall–Kier alpha value is -2.70. The Kier molecular flexibility index (Phi) is 6.89. The molecule has 0 aromatic heterocycles. The minimum Gasteiger partial charge on any atom is -0.289 e. The Bertz CT molecular complexity index is 672. The normalized spacial score (nSPS) is 10.8. The Morgan fingerprint density at radius 3 is 1.38 bits per heavy atom. The van der Waals surface area contributed by atoms with Crippen molar-refractivity contribution in [1.29, 1.82) is 0 Å². The molecule has 2 rings (SSSR count). The molecule has 2 aromatic carbocycles. The number of benzene rings is 2. The van der Waals surface area contributed by atoms with Crippen LogP contribution in [0.5, 0.6) is 0 Å². The van der Waals surface area contributed by atoms with Gasteiger partial charge in [0.05, 0.1) is 11.1 Å². The standard InChI is InChI=1S/C20H20O6/c1-13(2)20(25-23-18(21)16-9-5-14(3)6-10-16)26-24-19(22)17-11-7-15(4)8-12-17/h5-13H,1H2,2-4H3. The zero-order valence-corrected chi connectivity index (χ0v) is 14.9. The number of rotatable bonds is 7. The van der Waals surface area contributed by atoms with Gasteiger partial charge in [0.15, 0.2) is 0 Å². The van der Waals surface area contributed by atoms with E-state index in [0.717, 1.165) is 11.1 Å². The van der Waals surface area contributed by atoms with E-state index in [1.807, 2.05) is 13.8 Å². The highest BCUT2D eigenvalue weighted by molar-refractivity contribution is 5.89. The molecule has 6 heteroatoms. The predicted molar refractivity (Wildman–Crippen MR) is 93.1 cm³/mol. The van der Waals surface area contributed by atoms with Gasteiger partial charge in [-0.2, -0.15) is 0 Å². The van der Waals surface area contributed by atoms with Gasteiger partial charge in [0.25, 0.3) is 0 Å². The average molecular weight is 356 g/mol. The zero-order chi connectivity index (χ0) is 19.1. The predicted octanol–water partition coefficient (Wildman–Crippen LogP) is 4.14. The van der Waals surface area contributed by atoms with Gasteiger partial charge in [-0.1, -0.05) is 42.3 Å². The van der Waals surface area contributed by atoms with Crippen LogP contribution in [0.4, 0.5) is 0 Å². The topological polar surface area (TPSA) is 71.1 Å². The molecule has 26 heavy (non-hydrogen) atoms. The van der Waals surface area contributed by atoms with Crippen LogP contribution in [0.15, 0.2) is 48.5 Å². The van der Waals surface area contributed by atoms with E-state index in [0.29, 0.717) is 11.1 Å². The molecule has 0 aliphatic carbocycles. The summed E-state index contributed by atoms with van der Waals surface area (Å²) in [4.78, 5) is 43.0. The van der Waals surface area contributed by atoms with Crippen LogP contribution >= 0.6 is 0 Å². The Morgan fingerprint density at radius 2 is 1.08 bits per heavy atom. The van der Waals surface area contributed by atoms with Crippen molar-refractivity contribution in [3.63, 3.8) is 0 Å². The molecule has 1 atom stereocenters. The Balaban J connectivity index is 1.88. The maximum atomic E-state index is 11.9. The molecule has 0 N–H and O–H groups in total. The van der Waals surface area contributed by atoms with Crippen molar-refractivity contribution in [1.82, 2.24) is 0 Å². The third-order valence-corrected chi connectivity index (χ3v) is 3.38. The van der Waals surface area contributed by atoms with E-state index in [2.05, 4.69) is 6.92 Å². The molecular weight excluding hydrogens is 336 g/mol. The van der Waals surface area contributed by atoms with Gasteiger partial charge in [0, 0.05) is 5.92 Å². The van der Waals surface area contributed by atoms with Crippen molar-refractivity contribution in [2.75, 3.05) is 0 Å².